The number of rotatable bonds is 2. The molecule has 0 spiro atoms. The maximum Gasteiger partial charge on any atom is 0.304 e. The molecule has 1 unspecified atom stereocenters. The number of amides is 1. The first-order chi connectivity index (χ1) is 7.45. The normalized spacial score (nSPS) is 22.8. The SMILES string of the molecule is Cc1cccc2c1NC(=O)C2(C)CC(=O)O. The number of benzene rings is 1. The highest BCUT2D eigenvalue weighted by Gasteiger charge is 2.44. The van der Waals surface area contributed by atoms with Crippen LogP contribution in [0.5, 0.6) is 0 Å². The Bertz CT molecular complexity index is 481. The van der Waals surface area contributed by atoms with Crippen molar-refractivity contribution in [2.75, 3.05) is 5.32 Å². The smallest absolute Gasteiger partial charge is 0.304 e. The van der Waals surface area contributed by atoms with E-state index in [4.69, 9.17) is 5.11 Å². The number of anilines is 1. The fourth-order valence-corrected chi connectivity index (χ4v) is 2.15. The summed E-state index contributed by atoms with van der Waals surface area (Å²) in [4.78, 5) is 22.7. The highest BCUT2D eigenvalue weighted by molar-refractivity contribution is 6.08. The van der Waals surface area contributed by atoms with Crippen molar-refractivity contribution in [3.63, 3.8) is 0 Å². The van der Waals surface area contributed by atoms with Crippen molar-refractivity contribution in [3.8, 4) is 0 Å². The Morgan fingerprint density at radius 1 is 1.50 bits per heavy atom. The molecule has 16 heavy (non-hydrogen) atoms. The van der Waals surface area contributed by atoms with Crippen LogP contribution in [0.2, 0.25) is 0 Å². The topological polar surface area (TPSA) is 66.4 Å². The van der Waals surface area contributed by atoms with Crippen LogP contribution in [0.3, 0.4) is 0 Å². The number of nitrogens with one attached hydrogen (secondary N) is 1. The number of hydrogen-bond donors (Lipinski definition) is 2. The van der Waals surface area contributed by atoms with Gasteiger partial charge in [0.25, 0.3) is 0 Å². The molecule has 4 nitrogen and oxygen atoms in total. The molecule has 1 aliphatic rings. The summed E-state index contributed by atoms with van der Waals surface area (Å²) >= 11 is 0. The van der Waals surface area contributed by atoms with E-state index in [0.717, 1.165) is 16.8 Å². The first-order valence-corrected chi connectivity index (χ1v) is 5.08. The Morgan fingerprint density at radius 2 is 2.19 bits per heavy atom. The third-order valence-corrected chi connectivity index (χ3v) is 3.11. The summed E-state index contributed by atoms with van der Waals surface area (Å²) < 4.78 is 0. The molecule has 0 saturated carbocycles. The second kappa shape index (κ2) is 3.33. The van der Waals surface area contributed by atoms with Gasteiger partial charge in [-0.3, -0.25) is 9.59 Å². The van der Waals surface area contributed by atoms with Crippen LogP contribution >= 0.6 is 0 Å². The van der Waals surface area contributed by atoms with Crippen LogP contribution in [0.4, 0.5) is 5.69 Å². The lowest BCUT2D eigenvalue weighted by molar-refractivity contribution is -0.140. The van der Waals surface area contributed by atoms with Crippen LogP contribution in [0.15, 0.2) is 18.2 Å². The molecule has 0 aliphatic carbocycles. The first kappa shape index (κ1) is 10.7. The van der Waals surface area contributed by atoms with Crippen LogP contribution in [0.1, 0.15) is 24.5 Å². The molecular formula is C12H13NO3. The van der Waals surface area contributed by atoms with Gasteiger partial charge >= 0.3 is 5.97 Å². The van der Waals surface area contributed by atoms with Crippen LogP contribution < -0.4 is 5.32 Å². The molecule has 84 valence electrons. The molecule has 2 N–H and O–H groups in total. The van der Waals surface area contributed by atoms with E-state index in [2.05, 4.69) is 5.32 Å². The Hall–Kier alpha value is -1.84. The summed E-state index contributed by atoms with van der Waals surface area (Å²) in [6.45, 7) is 3.56. The molecule has 1 aromatic carbocycles. The lowest BCUT2D eigenvalue weighted by Gasteiger charge is -2.19. The largest absolute Gasteiger partial charge is 0.481 e. The van der Waals surface area contributed by atoms with Crippen molar-refractivity contribution in [2.45, 2.75) is 25.7 Å². The van der Waals surface area contributed by atoms with Gasteiger partial charge in [-0.15, -0.1) is 0 Å². The quantitative estimate of drug-likeness (QED) is 0.795. The number of carboxylic acids is 1. The summed E-state index contributed by atoms with van der Waals surface area (Å²) in [6.07, 6.45) is -0.185. The minimum atomic E-state index is -0.966. The predicted octanol–water partition coefficient (Wildman–Crippen LogP) is 1.68. The number of carboxylic acid groups (broad SMARTS) is 1. The summed E-state index contributed by atoms with van der Waals surface area (Å²) in [5.74, 6) is -1.20. The minimum absolute atomic E-state index is 0.185. The van der Waals surface area contributed by atoms with Crippen molar-refractivity contribution < 1.29 is 14.7 Å². The first-order valence-electron chi connectivity index (χ1n) is 5.08. The van der Waals surface area contributed by atoms with Gasteiger partial charge in [0.1, 0.15) is 0 Å². The van der Waals surface area contributed by atoms with Crippen molar-refractivity contribution >= 4 is 17.6 Å². The Balaban J connectivity index is 2.55. The van der Waals surface area contributed by atoms with Gasteiger partial charge in [0.05, 0.1) is 11.8 Å². The fourth-order valence-electron chi connectivity index (χ4n) is 2.15. The van der Waals surface area contributed by atoms with Crippen molar-refractivity contribution in [2.24, 2.45) is 0 Å². The van der Waals surface area contributed by atoms with E-state index in [1.165, 1.54) is 0 Å². The van der Waals surface area contributed by atoms with Crippen LogP contribution in [0, 0.1) is 6.92 Å². The molecule has 1 heterocycles. The van der Waals surface area contributed by atoms with Gasteiger partial charge in [-0.25, -0.2) is 0 Å². The summed E-state index contributed by atoms with van der Waals surface area (Å²) in [7, 11) is 0. The van der Waals surface area contributed by atoms with Crippen LogP contribution in [-0.4, -0.2) is 17.0 Å². The van der Waals surface area contributed by atoms with E-state index in [-0.39, 0.29) is 12.3 Å². The van der Waals surface area contributed by atoms with E-state index < -0.39 is 11.4 Å². The van der Waals surface area contributed by atoms with Gasteiger partial charge in [-0.05, 0) is 25.0 Å². The highest BCUT2D eigenvalue weighted by Crippen LogP contribution is 2.41. The zero-order valence-corrected chi connectivity index (χ0v) is 9.20. The van der Waals surface area contributed by atoms with E-state index in [1.54, 1.807) is 6.92 Å². The fraction of sp³-hybridized carbons (Fsp3) is 0.333. The predicted molar refractivity (Wildman–Crippen MR) is 59.4 cm³/mol. The van der Waals surface area contributed by atoms with Gasteiger partial charge in [-0.2, -0.15) is 0 Å². The van der Waals surface area contributed by atoms with Gasteiger partial charge < -0.3 is 10.4 Å². The number of hydrogen-bond acceptors (Lipinski definition) is 2. The highest BCUT2D eigenvalue weighted by atomic mass is 16.4. The molecule has 0 saturated heterocycles. The minimum Gasteiger partial charge on any atom is -0.481 e. The molecule has 0 radical (unpaired) electrons. The number of aryl methyl sites for hydroxylation is 1. The Kier molecular flexibility index (Phi) is 2.22. The maximum absolute atomic E-state index is 11.9. The van der Waals surface area contributed by atoms with Crippen LogP contribution in [0.25, 0.3) is 0 Å². The molecule has 0 bridgehead atoms. The molecule has 2 rings (SSSR count). The van der Waals surface area contributed by atoms with Crippen molar-refractivity contribution in [1.82, 2.24) is 0 Å². The van der Waals surface area contributed by atoms with Crippen molar-refractivity contribution in [3.05, 3.63) is 29.3 Å². The van der Waals surface area contributed by atoms with Gasteiger partial charge in [-0.1, -0.05) is 18.2 Å². The van der Waals surface area contributed by atoms with Gasteiger partial charge in [0, 0.05) is 5.69 Å². The average molecular weight is 219 g/mol. The Morgan fingerprint density at radius 3 is 2.81 bits per heavy atom. The molecule has 1 amide bonds. The number of aliphatic carboxylic acids is 1. The molecule has 0 fully saturated rings. The molecule has 1 aromatic rings. The van der Waals surface area contributed by atoms with E-state index in [9.17, 15) is 9.59 Å². The zero-order valence-electron chi connectivity index (χ0n) is 9.20. The molecule has 1 aliphatic heterocycles. The second-order valence-corrected chi connectivity index (χ2v) is 4.35. The third kappa shape index (κ3) is 1.38. The van der Waals surface area contributed by atoms with E-state index in [1.807, 2.05) is 25.1 Å². The molecule has 4 heteroatoms. The van der Waals surface area contributed by atoms with Gasteiger partial charge in [0.15, 0.2) is 0 Å². The number of fused-ring (bicyclic) bond motifs is 1. The number of carbonyl (C=O) groups excluding carboxylic acids is 1. The van der Waals surface area contributed by atoms with E-state index in [0.29, 0.717) is 0 Å². The van der Waals surface area contributed by atoms with Crippen molar-refractivity contribution in [1.29, 1.82) is 0 Å². The summed E-state index contributed by atoms with van der Waals surface area (Å²) in [6, 6.07) is 5.54. The Labute approximate surface area is 93.3 Å². The van der Waals surface area contributed by atoms with Crippen LogP contribution in [-0.2, 0) is 15.0 Å². The average Bonchev–Trinajstić information content (AvgIpc) is 2.41. The number of carbonyl (C=O) groups is 2. The second-order valence-electron chi connectivity index (χ2n) is 4.35. The molecule has 0 aromatic heterocycles. The number of para-hydroxylation sites is 1. The monoisotopic (exact) mass is 219 g/mol. The third-order valence-electron chi connectivity index (χ3n) is 3.11. The molecular weight excluding hydrogens is 206 g/mol. The standard InChI is InChI=1S/C12H13NO3/c1-7-4-3-5-8-10(7)13-11(16)12(8,2)6-9(14)15/h3-5H,6H2,1-2H3,(H,13,16)(H,14,15). The van der Waals surface area contributed by atoms with Gasteiger partial charge in [0.2, 0.25) is 5.91 Å². The maximum atomic E-state index is 11.9. The molecule has 1 atom stereocenters. The van der Waals surface area contributed by atoms with E-state index >= 15 is 0 Å². The zero-order chi connectivity index (χ0) is 11.9. The lowest BCUT2D eigenvalue weighted by atomic mass is 9.80. The summed E-state index contributed by atoms with van der Waals surface area (Å²) in [5.41, 5.74) is 1.55. The lowest BCUT2D eigenvalue weighted by Crippen LogP contribution is -2.33. The summed E-state index contributed by atoms with van der Waals surface area (Å²) in [5, 5.41) is 11.6.